The van der Waals surface area contributed by atoms with Gasteiger partial charge >= 0.3 is 5.76 Å². The van der Waals surface area contributed by atoms with Crippen LogP contribution in [0.2, 0.25) is 0 Å². The number of carbonyl (C=O) groups is 1. The van der Waals surface area contributed by atoms with Crippen molar-refractivity contribution in [2.45, 2.75) is 19.5 Å². The van der Waals surface area contributed by atoms with Crippen LogP contribution in [0.1, 0.15) is 6.92 Å². The molecule has 1 N–H and O–H groups in total. The number of hydrogen-bond acceptors (Lipinski definition) is 6. The second-order valence-corrected chi connectivity index (χ2v) is 4.79. The average Bonchev–Trinajstić information content (AvgIpc) is 2.74. The maximum atomic E-state index is 11.9. The maximum Gasteiger partial charge on any atom is 0.420 e. The molecular formula is C13H15N3O6. The van der Waals surface area contributed by atoms with Crippen molar-refractivity contribution in [2.75, 3.05) is 13.7 Å². The van der Waals surface area contributed by atoms with Gasteiger partial charge in [0.25, 0.3) is 5.69 Å². The second kappa shape index (κ2) is 6.39. The van der Waals surface area contributed by atoms with Gasteiger partial charge in [0, 0.05) is 25.3 Å². The number of amides is 1. The number of ether oxygens (including phenoxy) is 1. The number of methoxy groups -OCH3 is 1. The minimum atomic E-state index is -0.745. The highest BCUT2D eigenvalue weighted by atomic mass is 16.6. The second-order valence-electron chi connectivity index (χ2n) is 4.79. The van der Waals surface area contributed by atoms with E-state index in [1.165, 1.54) is 25.3 Å². The van der Waals surface area contributed by atoms with Gasteiger partial charge in [0.15, 0.2) is 5.58 Å². The number of fused-ring (bicyclic) bond motifs is 1. The van der Waals surface area contributed by atoms with Crippen molar-refractivity contribution in [1.82, 2.24) is 9.88 Å². The number of aromatic nitrogens is 1. The zero-order valence-corrected chi connectivity index (χ0v) is 12.1. The normalized spacial score (nSPS) is 12.3. The number of hydrogen-bond donors (Lipinski definition) is 1. The predicted molar refractivity (Wildman–Crippen MR) is 76.6 cm³/mol. The fourth-order valence-electron chi connectivity index (χ4n) is 2.07. The van der Waals surface area contributed by atoms with E-state index in [0.29, 0.717) is 6.61 Å². The minimum absolute atomic E-state index is 0.185. The van der Waals surface area contributed by atoms with Gasteiger partial charge in [-0.25, -0.2) is 4.79 Å². The lowest BCUT2D eigenvalue weighted by atomic mass is 10.3. The lowest BCUT2D eigenvalue weighted by molar-refractivity contribution is -0.384. The van der Waals surface area contributed by atoms with E-state index < -0.39 is 16.6 Å². The molecule has 22 heavy (non-hydrogen) atoms. The van der Waals surface area contributed by atoms with Crippen molar-refractivity contribution in [3.63, 3.8) is 0 Å². The molecule has 2 aromatic rings. The molecule has 9 heteroatoms. The summed E-state index contributed by atoms with van der Waals surface area (Å²) in [5.74, 6) is -1.16. The molecule has 0 saturated carbocycles. The lowest BCUT2D eigenvalue weighted by Crippen LogP contribution is -2.38. The minimum Gasteiger partial charge on any atom is -0.408 e. The number of carbonyl (C=O) groups excluding carboxylic acids is 1. The Labute approximate surface area is 124 Å². The smallest absolute Gasteiger partial charge is 0.408 e. The van der Waals surface area contributed by atoms with E-state index in [1.54, 1.807) is 6.92 Å². The van der Waals surface area contributed by atoms with E-state index in [1.807, 2.05) is 0 Å². The first-order valence-electron chi connectivity index (χ1n) is 6.48. The molecule has 1 aromatic heterocycles. The molecule has 0 bridgehead atoms. The van der Waals surface area contributed by atoms with Gasteiger partial charge in [0.2, 0.25) is 5.91 Å². The Kier molecular flexibility index (Phi) is 4.56. The number of nitrogens with zero attached hydrogens (tertiary/aromatic N) is 2. The van der Waals surface area contributed by atoms with Crippen molar-refractivity contribution in [3.8, 4) is 0 Å². The zero-order valence-electron chi connectivity index (χ0n) is 12.1. The molecule has 9 nitrogen and oxygen atoms in total. The first-order chi connectivity index (χ1) is 10.4. The van der Waals surface area contributed by atoms with E-state index >= 15 is 0 Å². The first-order valence-corrected chi connectivity index (χ1v) is 6.48. The van der Waals surface area contributed by atoms with Crippen molar-refractivity contribution in [3.05, 3.63) is 38.9 Å². The molecule has 0 fully saturated rings. The molecule has 118 valence electrons. The summed E-state index contributed by atoms with van der Waals surface area (Å²) in [6.07, 6.45) is 0. The molecular weight excluding hydrogens is 294 g/mol. The Bertz CT molecular complexity index is 763. The standard InChI is InChI=1S/C13H15N3O6/c1-8(7-21-2)14-12(17)6-15-10-5-9(16(19)20)3-4-11(10)22-13(15)18/h3-5,8H,6-7H2,1-2H3,(H,14,17). The van der Waals surface area contributed by atoms with Crippen molar-refractivity contribution in [2.24, 2.45) is 0 Å². The van der Waals surface area contributed by atoms with Crippen LogP contribution in [0.3, 0.4) is 0 Å². The third-order valence-electron chi connectivity index (χ3n) is 2.99. The van der Waals surface area contributed by atoms with Crippen LogP contribution in [0.15, 0.2) is 27.4 Å². The third kappa shape index (κ3) is 3.31. The molecule has 0 saturated heterocycles. The Hall–Kier alpha value is -2.68. The molecule has 0 spiro atoms. The van der Waals surface area contributed by atoms with Crippen molar-refractivity contribution < 1.29 is 18.9 Å². The van der Waals surface area contributed by atoms with E-state index in [0.717, 1.165) is 4.57 Å². The van der Waals surface area contributed by atoms with Crippen LogP contribution < -0.4 is 11.1 Å². The fraction of sp³-hybridized carbons (Fsp3) is 0.385. The molecule has 0 aliphatic heterocycles. The average molecular weight is 309 g/mol. The Balaban J connectivity index is 2.28. The Morgan fingerprint density at radius 2 is 2.27 bits per heavy atom. The fourth-order valence-corrected chi connectivity index (χ4v) is 2.07. The predicted octanol–water partition coefficient (Wildman–Crippen LogP) is 0.654. The van der Waals surface area contributed by atoms with Crippen LogP contribution in [0.5, 0.6) is 0 Å². The van der Waals surface area contributed by atoms with Gasteiger partial charge in [0.05, 0.1) is 17.0 Å². The van der Waals surface area contributed by atoms with Crippen molar-refractivity contribution in [1.29, 1.82) is 0 Å². The van der Waals surface area contributed by atoms with E-state index in [-0.39, 0.29) is 29.4 Å². The molecule has 1 atom stereocenters. The Morgan fingerprint density at radius 1 is 1.55 bits per heavy atom. The molecule has 1 amide bonds. The quantitative estimate of drug-likeness (QED) is 0.618. The molecule has 1 aromatic carbocycles. The SMILES string of the molecule is COCC(C)NC(=O)Cn1c(=O)oc2ccc([N+](=O)[O-])cc21. The highest BCUT2D eigenvalue weighted by Gasteiger charge is 2.17. The number of nitrogens with one attached hydrogen (secondary N) is 1. The van der Waals surface area contributed by atoms with Gasteiger partial charge in [-0.2, -0.15) is 0 Å². The van der Waals surface area contributed by atoms with Gasteiger partial charge in [-0.3, -0.25) is 19.5 Å². The summed E-state index contributed by atoms with van der Waals surface area (Å²) in [6.45, 7) is 1.79. The molecule has 1 heterocycles. The number of nitro groups is 1. The summed E-state index contributed by atoms with van der Waals surface area (Å²) in [4.78, 5) is 33.9. The van der Waals surface area contributed by atoms with Gasteiger partial charge < -0.3 is 14.5 Å². The molecule has 2 rings (SSSR count). The summed E-state index contributed by atoms with van der Waals surface area (Å²) < 4.78 is 10.9. The number of rotatable bonds is 6. The zero-order chi connectivity index (χ0) is 16.3. The van der Waals surface area contributed by atoms with Gasteiger partial charge in [-0.15, -0.1) is 0 Å². The first kappa shape index (κ1) is 15.7. The van der Waals surface area contributed by atoms with Crippen LogP contribution >= 0.6 is 0 Å². The number of non-ortho nitro benzene ring substituents is 1. The van der Waals surface area contributed by atoms with Crippen molar-refractivity contribution >= 4 is 22.7 Å². The largest absolute Gasteiger partial charge is 0.420 e. The monoisotopic (exact) mass is 309 g/mol. The van der Waals surface area contributed by atoms with Crippen LogP contribution in [0.4, 0.5) is 5.69 Å². The number of benzene rings is 1. The molecule has 0 aliphatic carbocycles. The van der Waals surface area contributed by atoms with Crippen LogP contribution in [0, 0.1) is 10.1 Å². The molecule has 1 unspecified atom stereocenters. The summed E-state index contributed by atoms with van der Waals surface area (Å²) in [5, 5.41) is 13.4. The van der Waals surface area contributed by atoms with E-state index in [9.17, 15) is 19.7 Å². The maximum absolute atomic E-state index is 11.9. The van der Waals surface area contributed by atoms with Crippen LogP contribution in [-0.4, -0.2) is 35.2 Å². The molecule has 0 aliphatic rings. The van der Waals surface area contributed by atoms with Crippen LogP contribution in [-0.2, 0) is 16.1 Å². The molecule has 0 radical (unpaired) electrons. The summed E-state index contributed by atoms with van der Waals surface area (Å²) in [5.41, 5.74) is 0.206. The highest BCUT2D eigenvalue weighted by molar-refractivity contribution is 5.80. The summed E-state index contributed by atoms with van der Waals surface area (Å²) >= 11 is 0. The Morgan fingerprint density at radius 3 is 2.91 bits per heavy atom. The van der Waals surface area contributed by atoms with E-state index in [2.05, 4.69) is 5.32 Å². The number of nitro benzene ring substituents is 1. The van der Waals surface area contributed by atoms with Gasteiger partial charge in [0.1, 0.15) is 6.54 Å². The van der Waals surface area contributed by atoms with Crippen LogP contribution in [0.25, 0.3) is 11.1 Å². The van der Waals surface area contributed by atoms with Gasteiger partial charge in [-0.05, 0) is 13.0 Å². The topological polar surface area (TPSA) is 117 Å². The summed E-state index contributed by atoms with van der Waals surface area (Å²) in [7, 11) is 1.51. The highest BCUT2D eigenvalue weighted by Crippen LogP contribution is 2.19. The van der Waals surface area contributed by atoms with Gasteiger partial charge in [-0.1, -0.05) is 0 Å². The summed E-state index contributed by atoms with van der Waals surface area (Å²) in [6, 6.07) is 3.54. The lowest BCUT2D eigenvalue weighted by Gasteiger charge is -2.12. The third-order valence-corrected chi connectivity index (χ3v) is 2.99. The number of oxazole rings is 1. The van der Waals surface area contributed by atoms with E-state index in [4.69, 9.17) is 9.15 Å².